The summed E-state index contributed by atoms with van der Waals surface area (Å²) in [5, 5.41) is 2.86. The molecule has 1 saturated heterocycles. The summed E-state index contributed by atoms with van der Waals surface area (Å²) in [6.07, 6.45) is 0. The minimum Gasteiger partial charge on any atom is -0.324 e. The second-order valence-corrected chi connectivity index (χ2v) is 8.21. The maximum Gasteiger partial charge on any atom is 0.238 e. The van der Waals surface area contributed by atoms with Gasteiger partial charge in [-0.2, -0.15) is 0 Å². The largest absolute Gasteiger partial charge is 0.324 e. The molecule has 0 spiro atoms. The third kappa shape index (κ3) is 5.14. The van der Waals surface area contributed by atoms with Crippen molar-refractivity contribution in [2.75, 3.05) is 38.0 Å². The minimum atomic E-state index is -0.0859. The van der Waals surface area contributed by atoms with Gasteiger partial charge in [0.15, 0.2) is 5.78 Å². The van der Waals surface area contributed by atoms with Crippen molar-refractivity contribution in [1.29, 1.82) is 0 Å². The zero-order chi connectivity index (χ0) is 18.5. The molecule has 26 heavy (non-hydrogen) atoms. The molecule has 1 aromatic carbocycles. The highest BCUT2D eigenvalue weighted by Gasteiger charge is 2.20. The van der Waals surface area contributed by atoms with Crippen LogP contribution in [0.25, 0.3) is 0 Å². The number of piperazine rings is 1. The van der Waals surface area contributed by atoms with Gasteiger partial charge in [-0.25, -0.2) is 0 Å². The minimum absolute atomic E-state index is 0.0526. The van der Waals surface area contributed by atoms with Crippen LogP contribution in [0, 0.1) is 0 Å². The molecule has 138 valence electrons. The van der Waals surface area contributed by atoms with Gasteiger partial charge in [0, 0.05) is 43.2 Å². The number of amides is 1. The Kier molecular flexibility index (Phi) is 6.43. The summed E-state index contributed by atoms with van der Waals surface area (Å²) in [4.78, 5) is 29.8. The predicted molar refractivity (Wildman–Crippen MR) is 106 cm³/mol. The van der Waals surface area contributed by atoms with Crippen molar-refractivity contribution in [2.24, 2.45) is 0 Å². The second kappa shape index (κ2) is 8.77. The number of thiophene rings is 1. The Hall–Kier alpha value is -1.73. The quantitative estimate of drug-likeness (QED) is 0.767. The Balaban J connectivity index is 1.47. The maximum atomic E-state index is 12.3. The average molecular weight is 392 g/mol. The molecule has 1 aromatic heterocycles. The number of carbonyl (C=O) groups is 2. The number of nitrogens with zero attached hydrogens (tertiary/aromatic N) is 2. The van der Waals surface area contributed by atoms with Gasteiger partial charge in [0.25, 0.3) is 0 Å². The zero-order valence-corrected chi connectivity index (χ0v) is 16.3. The van der Waals surface area contributed by atoms with Gasteiger partial charge in [-0.15, -0.1) is 11.3 Å². The molecule has 2 heterocycles. The number of Topliss-reactive ketones (excluding diaryl/α,β-unsaturated/α-hetero) is 1. The van der Waals surface area contributed by atoms with E-state index >= 15 is 0 Å². The molecule has 1 aliphatic rings. The van der Waals surface area contributed by atoms with Crippen molar-refractivity contribution in [2.45, 2.75) is 13.5 Å². The van der Waals surface area contributed by atoms with Crippen LogP contribution in [0.1, 0.15) is 22.2 Å². The van der Waals surface area contributed by atoms with Gasteiger partial charge in [0.05, 0.1) is 16.6 Å². The van der Waals surface area contributed by atoms with Crippen molar-refractivity contribution in [3.8, 4) is 0 Å². The van der Waals surface area contributed by atoms with Crippen LogP contribution < -0.4 is 5.32 Å². The molecule has 0 unspecified atom stereocenters. The number of rotatable bonds is 6. The van der Waals surface area contributed by atoms with E-state index in [1.54, 1.807) is 29.5 Å². The van der Waals surface area contributed by atoms with Crippen LogP contribution in [-0.4, -0.2) is 54.2 Å². The lowest BCUT2D eigenvalue weighted by Gasteiger charge is -2.34. The first-order chi connectivity index (χ1) is 12.5. The van der Waals surface area contributed by atoms with Crippen molar-refractivity contribution in [1.82, 2.24) is 9.80 Å². The SMILES string of the molecule is CC(=O)c1ccccc1NC(=O)CN1CCN(Cc2ccc(Cl)s2)CC1. The van der Waals surface area contributed by atoms with E-state index in [9.17, 15) is 9.59 Å². The summed E-state index contributed by atoms with van der Waals surface area (Å²) < 4.78 is 0.821. The van der Waals surface area contributed by atoms with Crippen LogP contribution in [0.2, 0.25) is 4.34 Å². The number of hydrogen-bond acceptors (Lipinski definition) is 5. The number of carbonyl (C=O) groups excluding carboxylic acids is 2. The molecule has 0 atom stereocenters. The van der Waals surface area contributed by atoms with Crippen LogP contribution in [0.3, 0.4) is 0 Å². The van der Waals surface area contributed by atoms with E-state index < -0.39 is 0 Å². The third-order valence-corrected chi connectivity index (χ3v) is 5.64. The van der Waals surface area contributed by atoms with E-state index in [1.165, 1.54) is 11.8 Å². The van der Waals surface area contributed by atoms with Crippen LogP contribution >= 0.6 is 22.9 Å². The highest BCUT2D eigenvalue weighted by atomic mass is 35.5. The molecule has 1 N–H and O–H groups in total. The zero-order valence-electron chi connectivity index (χ0n) is 14.7. The van der Waals surface area contributed by atoms with Crippen molar-refractivity contribution in [3.63, 3.8) is 0 Å². The summed E-state index contributed by atoms with van der Waals surface area (Å²) in [6.45, 7) is 6.29. The molecule has 2 aromatic rings. The number of benzene rings is 1. The van der Waals surface area contributed by atoms with Gasteiger partial charge >= 0.3 is 0 Å². The lowest BCUT2D eigenvalue weighted by atomic mass is 10.1. The fraction of sp³-hybridized carbons (Fsp3) is 0.368. The summed E-state index contributed by atoms with van der Waals surface area (Å²) in [6, 6.07) is 11.1. The first-order valence-corrected chi connectivity index (χ1v) is 9.79. The molecule has 3 rings (SSSR count). The van der Waals surface area contributed by atoms with Crippen molar-refractivity contribution in [3.05, 3.63) is 51.2 Å². The molecular weight excluding hydrogens is 370 g/mol. The number of anilines is 1. The molecule has 0 radical (unpaired) electrons. The summed E-state index contributed by atoms with van der Waals surface area (Å²) in [5.74, 6) is -0.139. The normalized spacial score (nSPS) is 15.8. The topological polar surface area (TPSA) is 52.7 Å². The Labute approximate surface area is 162 Å². The molecule has 1 aliphatic heterocycles. The van der Waals surface area contributed by atoms with Gasteiger partial charge in [-0.3, -0.25) is 19.4 Å². The first kappa shape index (κ1) is 19.0. The van der Waals surface area contributed by atoms with Crippen LogP contribution in [0.4, 0.5) is 5.69 Å². The number of hydrogen-bond donors (Lipinski definition) is 1. The molecular formula is C19H22ClN3O2S. The van der Waals surface area contributed by atoms with Crippen LogP contribution in [-0.2, 0) is 11.3 Å². The number of para-hydroxylation sites is 1. The molecule has 5 nitrogen and oxygen atoms in total. The van der Waals surface area contributed by atoms with Gasteiger partial charge in [-0.05, 0) is 31.2 Å². The van der Waals surface area contributed by atoms with Crippen LogP contribution in [0.5, 0.6) is 0 Å². The molecule has 7 heteroatoms. The third-order valence-electron chi connectivity index (χ3n) is 4.42. The molecule has 1 fully saturated rings. The Morgan fingerprint density at radius 3 is 2.42 bits per heavy atom. The van der Waals surface area contributed by atoms with E-state index in [4.69, 9.17) is 11.6 Å². The lowest BCUT2D eigenvalue weighted by molar-refractivity contribution is -0.117. The summed E-state index contributed by atoms with van der Waals surface area (Å²) >= 11 is 7.60. The summed E-state index contributed by atoms with van der Waals surface area (Å²) in [7, 11) is 0. The predicted octanol–water partition coefficient (Wildman–Crippen LogP) is 3.36. The standard InChI is InChI=1S/C19H22ClN3O2S/c1-14(24)16-4-2-3-5-17(16)21-19(25)13-23-10-8-22(9-11-23)12-15-6-7-18(20)26-15/h2-7H,8-13H2,1H3,(H,21,25). The number of ketones is 1. The molecule has 1 amide bonds. The fourth-order valence-corrected chi connectivity index (χ4v) is 4.18. The lowest BCUT2D eigenvalue weighted by Crippen LogP contribution is -2.48. The average Bonchev–Trinajstić information content (AvgIpc) is 3.02. The highest BCUT2D eigenvalue weighted by molar-refractivity contribution is 7.16. The van der Waals surface area contributed by atoms with Gasteiger partial charge in [0.1, 0.15) is 0 Å². The van der Waals surface area contributed by atoms with Gasteiger partial charge in [0.2, 0.25) is 5.91 Å². The monoisotopic (exact) mass is 391 g/mol. The summed E-state index contributed by atoms with van der Waals surface area (Å²) in [5.41, 5.74) is 1.12. The molecule has 0 aliphatic carbocycles. The molecule has 0 bridgehead atoms. The number of nitrogens with one attached hydrogen (secondary N) is 1. The highest BCUT2D eigenvalue weighted by Crippen LogP contribution is 2.23. The Morgan fingerprint density at radius 2 is 1.77 bits per heavy atom. The fourth-order valence-electron chi connectivity index (χ4n) is 3.05. The first-order valence-electron chi connectivity index (χ1n) is 8.60. The van der Waals surface area contributed by atoms with E-state index in [1.807, 2.05) is 12.1 Å². The van der Waals surface area contributed by atoms with Crippen LogP contribution in [0.15, 0.2) is 36.4 Å². The van der Waals surface area contributed by atoms with E-state index in [-0.39, 0.29) is 11.7 Å². The Bertz CT molecular complexity index is 785. The smallest absolute Gasteiger partial charge is 0.238 e. The van der Waals surface area contributed by atoms with E-state index in [0.29, 0.717) is 17.8 Å². The van der Waals surface area contributed by atoms with Gasteiger partial charge < -0.3 is 5.32 Å². The number of halogens is 1. The maximum absolute atomic E-state index is 12.3. The van der Waals surface area contributed by atoms with Gasteiger partial charge in [-0.1, -0.05) is 23.7 Å². The van der Waals surface area contributed by atoms with Crippen molar-refractivity contribution >= 4 is 40.3 Å². The molecule has 0 saturated carbocycles. The van der Waals surface area contributed by atoms with Crippen molar-refractivity contribution < 1.29 is 9.59 Å². The van der Waals surface area contributed by atoms with E-state index in [2.05, 4.69) is 21.2 Å². The second-order valence-electron chi connectivity index (χ2n) is 6.41. The Morgan fingerprint density at radius 1 is 1.08 bits per heavy atom. The van der Waals surface area contributed by atoms with E-state index in [0.717, 1.165) is 37.1 Å².